The van der Waals surface area contributed by atoms with Crippen LogP contribution in [0.1, 0.15) is 0 Å². The largest absolute Gasteiger partial charge is 0.356 e. The lowest BCUT2D eigenvalue weighted by atomic mass is 10.0. The van der Waals surface area contributed by atoms with Gasteiger partial charge in [-0.05, 0) is 11.8 Å². The highest BCUT2D eigenvalue weighted by Crippen LogP contribution is 2.29. The van der Waals surface area contributed by atoms with Crippen molar-refractivity contribution in [2.24, 2.45) is 11.8 Å². The Morgan fingerprint density at radius 2 is 2.06 bits per heavy atom. The van der Waals surface area contributed by atoms with Gasteiger partial charge in [0.15, 0.2) is 5.65 Å². The summed E-state index contributed by atoms with van der Waals surface area (Å²) in [7, 11) is 0. The van der Waals surface area contributed by atoms with Gasteiger partial charge in [-0.2, -0.15) is 5.10 Å². The van der Waals surface area contributed by atoms with Crippen LogP contribution in [0.4, 0.5) is 5.82 Å². The van der Waals surface area contributed by atoms with Crippen LogP contribution in [0.25, 0.3) is 5.65 Å². The number of aromatic nitrogens is 4. The van der Waals surface area contributed by atoms with Crippen LogP contribution in [-0.4, -0.2) is 45.8 Å². The number of nitrogens with one attached hydrogen (secondary N) is 2. The highest BCUT2D eigenvalue weighted by atomic mass is 16.1. The number of aromatic amines is 1. The summed E-state index contributed by atoms with van der Waals surface area (Å²) >= 11 is 0. The molecule has 2 aliphatic rings. The Kier molecular flexibility index (Phi) is 1.99. The first kappa shape index (κ1) is 10.1. The van der Waals surface area contributed by atoms with Crippen molar-refractivity contribution in [2.75, 3.05) is 31.1 Å². The molecule has 4 heterocycles. The van der Waals surface area contributed by atoms with Crippen LogP contribution in [0, 0.1) is 11.8 Å². The average Bonchev–Trinajstić information content (AvgIpc) is 3.03. The average molecular weight is 246 g/mol. The third-order valence-electron chi connectivity index (χ3n) is 4.01. The zero-order valence-electron chi connectivity index (χ0n) is 9.83. The van der Waals surface area contributed by atoms with Gasteiger partial charge in [0.05, 0.1) is 0 Å². The van der Waals surface area contributed by atoms with Crippen LogP contribution in [0.15, 0.2) is 17.2 Å². The number of hydrogen-bond donors (Lipinski definition) is 2. The summed E-state index contributed by atoms with van der Waals surface area (Å²) in [5.74, 6) is 2.37. The lowest BCUT2D eigenvalue weighted by Crippen LogP contribution is -2.26. The van der Waals surface area contributed by atoms with E-state index < -0.39 is 0 Å². The Morgan fingerprint density at radius 3 is 2.83 bits per heavy atom. The smallest absolute Gasteiger partial charge is 0.348 e. The molecule has 2 unspecified atom stereocenters. The van der Waals surface area contributed by atoms with E-state index >= 15 is 0 Å². The van der Waals surface area contributed by atoms with Gasteiger partial charge in [0, 0.05) is 32.2 Å². The second-order valence-electron chi connectivity index (χ2n) is 5.09. The topological polar surface area (TPSA) is 78.3 Å². The molecule has 2 atom stereocenters. The monoisotopic (exact) mass is 246 g/mol. The van der Waals surface area contributed by atoms with Crippen LogP contribution < -0.4 is 15.9 Å². The Labute approximate surface area is 103 Å². The highest BCUT2D eigenvalue weighted by molar-refractivity contribution is 5.51. The lowest BCUT2D eigenvalue weighted by Gasteiger charge is -2.18. The maximum absolute atomic E-state index is 11.4. The molecule has 0 radical (unpaired) electrons. The minimum Gasteiger partial charge on any atom is -0.356 e. The molecular weight excluding hydrogens is 232 g/mol. The van der Waals surface area contributed by atoms with Crippen molar-refractivity contribution in [2.45, 2.75) is 0 Å². The summed E-state index contributed by atoms with van der Waals surface area (Å²) in [5.41, 5.74) is 0.381. The van der Waals surface area contributed by atoms with E-state index in [1.807, 2.05) is 6.07 Å². The van der Waals surface area contributed by atoms with Gasteiger partial charge >= 0.3 is 5.69 Å². The first-order valence-corrected chi connectivity index (χ1v) is 6.20. The van der Waals surface area contributed by atoms with Gasteiger partial charge < -0.3 is 10.2 Å². The van der Waals surface area contributed by atoms with E-state index in [9.17, 15) is 4.79 Å². The minimum absolute atomic E-state index is 0.244. The van der Waals surface area contributed by atoms with E-state index in [0.29, 0.717) is 5.65 Å². The Morgan fingerprint density at radius 1 is 1.28 bits per heavy atom. The van der Waals surface area contributed by atoms with E-state index in [0.717, 1.165) is 43.8 Å². The lowest BCUT2D eigenvalue weighted by molar-refractivity contribution is 0.533. The fraction of sp³-hybridized carbons (Fsp3) is 0.545. The predicted molar refractivity (Wildman–Crippen MR) is 65.7 cm³/mol. The molecule has 2 aromatic rings. The predicted octanol–water partition coefficient (Wildman–Crippen LogP) is -0.927. The zero-order chi connectivity index (χ0) is 12.1. The van der Waals surface area contributed by atoms with Crippen LogP contribution >= 0.6 is 0 Å². The molecule has 0 aromatic carbocycles. The van der Waals surface area contributed by atoms with Crippen molar-refractivity contribution in [3.05, 3.63) is 22.9 Å². The first-order valence-electron chi connectivity index (χ1n) is 6.20. The zero-order valence-corrected chi connectivity index (χ0v) is 9.83. The van der Waals surface area contributed by atoms with Gasteiger partial charge in [0.1, 0.15) is 12.1 Å². The molecule has 0 saturated carbocycles. The summed E-state index contributed by atoms with van der Waals surface area (Å²) in [6.07, 6.45) is 1.54. The molecule has 18 heavy (non-hydrogen) atoms. The van der Waals surface area contributed by atoms with Crippen molar-refractivity contribution in [1.29, 1.82) is 0 Å². The third kappa shape index (κ3) is 1.37. The molecular formula is C11H14N6O. The Bertz CT molecular complexity index is 634. The Balaban J connectivity index is 1.69. The number of anilines is 1. The molecule has 7 heteroatoms. The van der Waals surface area contributed by atoms with Crippen LogP contribution in [0.5, 0.6) is 0 Å². The van der Waals surface area contributed by atoms with Crippen LogP contribution in [0.3, 0.4) is 0 Å². The summed E-state index contributed by atoms with van der Waals surface area (Å²) in [4.78, 5) is 18.0. The molecule has 94 valence electrons. The Hall–Kier alpha value is -1.89. The standard InChI is InChI=1S/C11H14N6O/c18-11-15-14-10-1-9(13-6-17(10)11)16-4-7-2-12-3-8(7)5-16/h1,6-8,12H,2-5H2,(H,15,18). The van der Waals surface area contributed by atoms with Crippen molar-refractivity contribution in [1.82, 2.24) is 24.9 Å². The molecule has 2 aliphatic heterocycles. The molecule has 0 bridgehead atoms. The molecule has 2 N–H and O–H groups in total. The van der Waals surface area contributed by atoms with Gasteiger partial charge in [-0.1, -0.05) is 0 Å². The number of H-pyrrole nitrogens is 1. The van der Waals surface area contributed by atoms with Crippen molar-refractivity contribution in [3.8, 4) is 0 Å². The maximum Gasteiger partial charge on any atom is 0.348 e. The fourth-order valence-electron chi connectivity index (χ4n) is 3.02. The number of nitrogens with zero attached hydrogens (tertiary/aromatic N) is 4. The highest BCUT2D eigenvalue weighted by Gasteiger charge is 2.36. The van der Waals surface area contributed by atoms with Gasteiger partial charge in [0.2, 0.25) is 0 Å². The van der Waals surface area contributed by atoms with Crippen LogP contribution in [-0.2, 0) is 0 Å². The van der Waals surface area contributed by atoms with Crippen molar-refractivity contribution >= 4 is 11.5 Å². The molecule has 7 nitrogen and oxygen atoms in total. The fourth-order valence-corrected chi connectivity index (χ4v) is 3.02. The summed E-state index contributed by atoms with van der Waals surface area (Å²) < 4.78 is 1.42. The van der Waals surface area contributed by atoms with Crippen molar-refractivity contribution < 1.29 is 0 Å². The van der Waals surface area contributed by atoms with E-state index in [1.165, 1.54) is 4.40 Å². The van der Waals surface area contributed by atoms with Gasteiger partial charge in [-0.3, -0.25) is 0 Å². The minimum atomic E-state index is -0.244. The molecule has 2 saturated heterocycles. The molecule has 2 aromatic heterocycles. The van der Waals surface area contributed by atoms with Gasteiger partial charge in [-0.15, -0.1) is 0 Å². The second kappa shape index (κ2) is 3.55. The second-order valence-corrected chi connectivity index (χ2v) is 5.09. The summed E-state index contributed by atoms with van der Waals surface area (Å²) in [6.45, 7) is 4.28. The van der Waals surface area contributed by atoms with Crippen LogP contribution in [0.2, 0.25) is 0 Å². The van der Waals surface area contributed by atoms with E-state index in [-0.39, 0.29) is 5.69 Å². The summed E-state index contributed by atoms with van der Waals surface area (Å²) in [6, 6.07) is 1.87. The van der Waals surface area contributed by atoms with E-state index in [1.54, 1.807) is 6.33 Å². The molecule has 0 aliphatic carbocycles. The third-order valence-corrected chi connectivity index (χ3v) is 4.01. The van der Waals surface area contributed by atoms with Crippen molar-refractivity contribution in [3.63, 3.8) is 0 Å². The van der Waals surface area contributed by atoms with Gasteiger partial charge in [-0.25, -0.2) is 19.3 Å². The van der Waals surface area contributed by atoms with E-state index in [2.05, 4.69) is 25.4 Å². The van der Waals surface area contributed by atoms with Gasteiger partial charge in [0.25, 0.3) is 0 Å². The van der Waals surface area contributed by atoms with E-state index in [4.69, 9.17) is 0 Å². The SMILES string of the molecule is O=c1[nH]nc2cc(N3CC4CNCC4C3)ncn12. The molecule has 0 spiro atoms. The summed E-state index contributed by atoms with van der Waals surface area (Å²) in [5, 5.41) is 9.81. The normalized spacial score (nSPS) is 27.0. The molecule has 2 fully saturated rings. The number of fused-ring (bicyclic) bond motifs is 2. The first-order chi connectivity index (χ1) is 8.81. The molecule has 0 amide bonds. The number of rotatable bonds is 1. The maximum atomic E-state index is 11.4. The quantitative estimate of drug-likeness (QED) is 0.680. The number of hydrogen-bond acceptors (Lipinski definition) is 5. The molecule has 4 rings (SSSR count).